The molecule has 1 atom stereocenters. The van der Waals surface area contributed by atoms with Crippen LogP contribution in [0.3, 0.4) is 0 Å². The van der Waals surface area contributed by atoms with Crippen LogP contribution in [-0.2, 0) is 5.54 Å². The molecule has 32 heavy (non-hydrogen) atoms. The van der Waals surface area contributed by atoms with Crippen molar-refractivity contribution in [3.05, 3.63) is 46.6 Å². The number of fused-ring (bicyclic) bond motifs is 5. The van der Waals surface area contributed by atoms with Gasteiger partial charge in [0.1, 0.15) is 6.33 Å². The zero-order valence-corrected chi connectivity index (χ0v) is 18.5. The van der Waals surface area contributed by atoms with Gasteiger partial charge >= 0.3 is 0 Å². The van der Waals surface area contributed by atoms with E-state index in [0.717, 1.165) is 23.6 Å². The van der Waals surface area contributed by atoms with Gasteiger partial charge in [0.15, 0.2) is 11.5 Å². The molecule has 2 aromatic heterocycles. The van der Waals surface area contributed by atoms with E-state index in [1.807, 2.05) is 28.6 Å². The third-order valence-electron chi connectivity index (χ3n) is 7.72. The predicted molar refractivity (Wildman–Crippen MR) is 116 cm³/mol. The average Bonchev–Trinajstić information content (AvgIpc) is 3.69. The smallest absolute Gasteiger partial charge is 0.278 e. The molecule has 7 rings (SSSR count). The lowest BCUT2D eigenvalue weighted by molar-refractivity contribution is 0.0461. The van der Waals surface area contributed by atoms with Crippen LogP contribution in [0.15, 0.2) is 29.0 Å². The van der Waals surface area contributed by atoms with Crippen molar-refractivity contribution >= 4 is 17.5 Å². The summed E-state index contributed by atoms with van der Waals surface area (Å²) < 4.78 is 7.79. The molecule has 1 saturated heterocycles. The molecule has 1 N–H and O–H groups in total. The van der Waals surface area contributed by atoms with Crippen LogP contribution in [0.1, 0.15) is 60.0 Å². The Morgan fingerprint density at radius 1 is 1.19 bits per heavy atom. The van der Waals surface area contributed by atoms with Crippen LogP contribution in [0.25, 0.3) is 17.3 Å². The van der Waals surface area contributed by atoms with Crippen molar-refractivity contribution in [1.29, 1.82) is 0 Å². The Morgan fingerprint density at radius 2 is 1.97 bits per heavy atom. The minimum absolute atomic E-state index is 0.0422. The van der Waals surface area contributed by atoms with E-state index in [-0.39, 0.29) is 17.5 Å². The van der Waals surface area contributed by atoms with Crippen LogP contribution in [0.4, 0.5) is 0 Å². The molecule has 3 aromatic rings. The first kappa shape index (κ1) is 18.8. The van der Waals surface area contributed by atoms with Gasteiger partial charge in [-0.25, -0.2) is 4.98 Å². The number of hydrogen-bond acceptors (Lipinski definition) is 6. The number of benzene rings is 1. The number of nitrogens with one attached hydrogen (secondary N) is 1. The van der Waals surface area contributed by atoms with E-state index >= 15 is 0 Å². The Hall–Kier alpha value is -2.71. The predicted octanol–water partition coefficient (Wildman–Crippen LogP) is 3.71. The van der Waals surface area contributed by atoms with Crippen LogP contribution < -0.4 is 5.32 Å². The summed E-state index contributed by atoms with van der Waals surface area (Å²) in [5, 5.41) is 8.46. The number of hydrogen-bond donors (Lipinski definition) is 1. The number of carbonyl (C=O) groups excluding carboxylic acids is 1. The minimum Gasteiger partial charge on any atom is -0.332 e. The second-order valence-electron chi connectivity index (χ2n) is 9.38. The van der Waals surface area contributed by atoms with E-state index in [0.29, 0.717) is 40.6 Å². The molecule has 9 heteroatoms. The molecule has 164 valence electrons. The van der Waals surface area contributed by atoms with Crippen molar-refractivity contribution in [3.63, 3.8) is 0 Å². The van der Waals surface area contributed by atoms with Crippen molar-refractivity contribution < 1.29 is 9.32 Å². The molecule has 2 aliphatic heterocycles. The van der Waals surface area contributed by atoms with Crippen LogP contribution in [0.5, 0.6) is 0 Å². The van der Waals surface area contributed by atoms with Crippen molar-refractivity contribution in [3.8, 4) is 17.3 Å². The highest BCUT2D eigenvalue weighted by Gasteiger charge is 2.57. The second-order valence-corrected chi connectivity index (χ2v) is 9.78. The largest absolute Gasteiger partial charge is 0.332 e. The molecule has 8 nitrogen and oxygen atoms in total. The van der Waals surface area contributed by atoms with Gasteiger partial charge in [-0.3, -0.25) is 9.36 Å². The van der Waals surface area contributed by atoms with Gasteiger partial charge in [0.25, 0.3) is 11.8 Å². The van der Waals surface area contributed by atoms with Crippen molar-refractivity contribution in [2.75, 3.05) is 13.6 Å². The molecule has 1 amide bonds. The summed E-state index contributed by atoms with van der Waals surface area (Å²) in [6.07, 6.45) is 7.37. The number of aromatic nitrogens is 4. The summed E-state index contributed by atoms with van der Waals surface area (Å²) in [5.41, 5.74) is 2.61. The van der Waals surface area contributed by atoms with Gasteiger partial charge in [-0.1, -0.05) is 22.8 Å². The maximum atomic E-state index is 13.2. The van der Waals surface area contributed by atoms with E-state index in [1.54, 1.807) is 12.4 Å². The third kappa shape index (κ3) is 2.37. The Kier molecular flexibility index (Phi) is 3.78. The molecule has 4 aliphatic rings. The van der Waals surface area contributed by atoms with Crippen molar-refractivity contribution in [2.45, 2.75) is 43.7 Å². The molecule has 2 saturated carbocycles. The molecular weight excluding hydrogens is 428 g/mol. The standard InChI is InChI=1S/C23H23ClN6O2/c1-25-23(12-5-6-12,13-7-8-13)22-27-20(32-28-22)18-19-16-9-10-29(16)21(31)17-14(24)3-2-4-15(17)30(19)11-26-18/h2-4,11-13,16,25H,5-10H2,1H3/t16-/m0/s1. The Balaban J connectivity index is 1.37. The SMILES string of the molecule is CNC(c1noc(-c2ncn3c2[C@@H]2CCN2C(=O)c2c(Cl)cccc2-3)n1)(C1CC1)C1CC1. The van der Waals surface area contributed by atoms with E-state index in [2.05, 4.69) is 15.5 Å². The Morgan fingerprint density at radius 3 is 2.62 bits per heavy atom. The summed E-state index contributed by atoms with van der Waals surface area (Å²) >= 11 is 6.45. The van der Waals surface area contributed by atoms with E-state index in [1.165, 1.54) is 25.7 Å². The first-order valence-corrected chi connectivity index (χ1v) is 11.7. The minimum atomic E-state index is -0.211. The van der Waals surface area contributed by atoms with Gasteiger partial charge < -0.3 is 14.7 Å². The van der Waals surface area contributed by atoms with E-state index in [4.69, 9.17) is 21.1 Å². The van der Waals surface area contributed by atoms with Gasteiger partial charge in [0, 0.05) is 6.54 Å². The number of amides is 1. The fourth-order valence-electron chi connectivity index (χ4n) is 5.80. The number of imidazole rings is 1. The molecule has 0 spiro atoms. The zero-order valence-electron chi connectivity index (χ0n) is 17.7. The number of nitrogens with zero attached hydrogens (tertiary/aromatic N) is 5. The molecule has 1 aromatic carbocycles. The highest BCUT2D eigenvalue weighted by molar-refractivity contribution is 6.34. The topological polar surface area (TPSA) is 89.1 Å². The van der Waals surface area contributed by atoms with Gasteiger partial charge in [-0.05, 0) is 63.1 Å². The molecule has 4 heterocycles. The summed E-state index contributed by atoms with van der Waals surface area (Å²) in [6.45, 7) is 0.695. The van der Waals surface area contributed by atoms with Gasteiger partial charge in [-0.15, -0.1) is 0 Å². The monoisotopic (exact) mass is 450 g/mol. The van der Waals surface area contributed by atoms with Crippen LogP contribution in [0, 0.1) is 11.8 Å². The van der Waals surface area contributed by atoms with Crippen molar-refractivity contribution in [2.24, 2.45) is 11.8 Å². The maximum Gasteiger partial charge on any atom is 0.278 e. The first-order valence-electron chi connectivity index (χ1n) is 11.3. The molecule has 0 unspecified atom stereocenters. The fraction of sp³-hybridized carbons (Fsp3) is 0.478. The average molecular weight is 451 g/mol. The number of carbonyl (C=O) groups is 1. The molecule has 0 bridgehead atoms. The Labute approximate surface area is 189 Å². The van der Waals surface area contributed by atoms with Gasteiger partial charge in [-0.2, -0.15) is 4.98 Å². The van der Waals surface area contributed by atoms with E-state index < -0.39 is 0 Å². The Bertz CT molecular complexity index is 1250. The maximum absolute atomic E-state index is 13.2. The number of rotatable bonds is 5. The fourth-order valence-corrected chi connectivity index (χ4v) is 6.05. The second kappa shape index (κ2) is 6.42. The quantitative estimate of drug-likeness (QED) is 0.637. The third-order valence-corrected chi connectivity index (χ3v) is 8.04. The van der Waals surface area contributed by atoms with Gasteiger partial charge in [0.2, 0.25) is 0 Å². The summed E-state index contributed by atoms with van der Waals surface area (Å²) in [4.78, 5) is 24.7. The van der Waals surface area contributed by atoms with Crippen LogP contribution in [-0.4, -0.2) is 44.1 Å². The van der Waals surface area contributed by atoms with Crippen molar-refractivity contribution in [1.82, 2.24) is 29.9 Å². The lowest BCUT2D eigenvalue weighted by atomic mass is 9.86. The highest BCUT2D eigenvalue weighted by Crippen LogP contribution is 2.56. The molecular formula is C23H23ClN6O2. The van der Waals surface area contributed by atoms with Crippen LogP contribution >= 0.6 is 11.6 Å². The lowest BCUT2D eigenvalue weighted by Crippen LogP contribution is -2.45. The van der Waals surface area contributed by atoms with Crippen LogP contribution in [0.2, 0.25) is 5.02 Å². The first-order chi connectivity index (χ1) is 15.6. The summed E-state index contributed by atoms with van der Waals surface area (Å²) in [6, 6.07) is 5.44. The van der Waals surface area contributed by atoms with Gasteiger partial charge in [0.05, 0.1) is 33.5 Å². The highest BCUT2D eigenvalue weighted by atomic mass is 35.5. The molecule has 2 aliphatic carbocycles. The molecule has 0 radical (unpaired) electrons. The zero-order chi connectivity index (χ0) is 21.6. The number of halogens is 1. The lowest BCUT2D eigenvalue weighted by Gasteiger charge is -2.39. The summed E-state index contributed by atoms with van der Waals surface area (Å²) in [7, 11) is 2.01. The molecule has 3 fully saturated rings. The normalized spacial score (nSPS) is 22.1. The summed E-state index contributed by atoms with van der Waals surface area (Å²) in [5.74, 6) is 2.22. The van der Waals surface area contributed by atoms with E-state index in [9.17, 15) is 4.79 Å².